The maximum atomic E-state index is 11.2. The Balaban J connectivity index is 0.000000124. The third-order valence-corrected chi connectivity index (χ3v) is 22.9. The number of likely N-dealkylation sites (N-methyl/N-ethyl adjacent to an activating group) is 4. The van der Waals surface area contributed by atoms with Crippen LogP contribution in [0.1, 0.15) is 136 Å². The summed E-state index contributed by atoms with van der Waals surface area (Å²) in [6.45, 7) is 24.6. The monoisotopic (exact) mass is 1440 g/mol. The summed E-state index contributed by atoms with van der Waals surface area (Å²) in [5.74, 6) is 0. The molecule has 5 atom stereocenters. The Morgan fingerprint density at radius 3 is 1.40 bits per heavy atom. The molecule has 0 spiro atoms. The number of aliphatic hydroxyl groups is 6. The van der Waals surface area contributed by atoms with Gasteiger partial charge in [0.15, 0.2) is 0 Å². The number of aryl methyl sites for hydroxylation is 3. The number of aliphatic hydroxyl groups excluding tert-OH is 2. The van der Waals surface area contributed by atoms with Crippen LogP contribution in [-0.4, -0.2) is 148 Å². The van der Waals surface area contributed by atoms with Crippen LogP contribution in [0.25, 0.3) is 43.6 Å². The van der Waals surface area contributed by atoms with Crippen molar-refractivity contribution in [3.05, 3.63) is 253 Å². The van der Waals surface area contributed by atoms with E-state index >= 15 is 0 Å². The number of benzene rings is 4. The molecule has 4 aromatic carbocycles. The van der Waals surface area contributed by atoms with Crippen molar-refractivity contribution < 1.29 is 30.6 Å². The predicted molar refractivity (Wildman–Crippen MR) is 417 cm³/mol. The van der Waals surface area contributed by atoms with Crippen molar-refractivity contribution >= 4 is 55.2 Å². The molecule has 550 valence electrons. The maximum absolute atomic E-state index is 11.2. The van der Waals surface area contributed by atoms with Gasteiger partial charge < -0.3 is 63.6 Å². The molecule has 20 heteroatoms. The first-order valence-corrected chi connectivity index (χ1v) is 37.1. The van der Waals surface area contributed by atoms with Crippen LogP contribution in [0.3, 0.4) is 0 Å². The number of pyridine rings is 3. The molecule has 0 fully saturated rings. The van der Waals surface area contributed by atoms with Crippen LogP contribution >= 0.6 is 11.6 Å². The fourth-order valence-corrected chi connectivity index (χ4v) is 16.7. The molecule has 6 N–H and O–H groups in total. The molecule has 8 aromatic heterocycles. The zero-order chi connectivity index (χ0) is 74.4. The van der Waals surface area contributed by atoms with Gasteiger partial charge in [-0.15, -0.1) is 0 Å². The molecule has 16 rings (SSSR count). The topological polar surface area (TPSA) is 219 Å². The molecule has 0 saturated heterocycles. The first-order chi connectivity index (χ1) is 50.2. The van der Waals surface area contributed by atoms with Gasteiger partial charge in [-0.3, -0.25) is 19.9 Å². The van der Waals surface area contributed by atoms with Gasteiger partial charge in [0.2, 0.25) is 0 Å². The molecule has 19 nitrogen and oxygen atoms in total. The SMILES string of the molecule is CN1CCc2c(c3cc(Cl)ccc3n2CC(C)(O)c2cncnc2)C1.Cc1cc2c3c(n(CC(C)(O)c4cccnc4)c2cc1CO)CCN(C)C3.Cc1ccc2c(c1)c1c(n2CC(C)(O)c2cccnc2)CCN(C)C1C.Cc1ccc2c(c1CO)c1c(n2CC(C)(O)c2cccnc2)CCN(C)C1. The van der Waals surface area contributed by atoms with Gasteiger partial charge in [-0.05, 0) is 195 Å². The molecular weight excluding hydrogens is 1330 g/mol. The summed E-state index contributed by atoms with van der Waals surface area (Å²) in [5, 5.41) is 70.2. The number of rotatable bonds is 14. The molecule has 0 amide bonds. The van der Waals surface area contributed by atoms with E-state index in [1.165, 1.54) is 78.6 Å². The molecule has 5 unspecified atom stereocenters. The number of halogens is 1. The summed E-state index contributed by atoms with van der Waals surface area (Å²) in [6, 6.07) is 32.9. The first kappa shape index (κ1) is 74.7. The molecule has 0 bridgehead atoms. The molecule has 0 radical (unpaired) electrons. The van der Waals surface area contributed by atoms with E-state index in [2.05, 4.69) is 147 Å². The summed E-state index contributed by atoms with van der Waals surface area (Å²) >= 11 is 6.25. The quantitative estimate of drug-likeness (QED) is 0.0597. The van der Waals surface area contributed by atoms with E-state index in [1.54, 1.807) is 49.6 Å². The van der Waals surface area contributed by atoms with Gasteiger partial charge in [0.05, 0.1) is 39.4 Å². The van der Waals surface area contributed by atoms with Crippen molar-refractivity contribution in [1.29, 1.82) is 0 Å². The van der Waals surface area contributed by atoms with Gasteiger partial charge in [-0.25, -0.2) is 9.97 Å². The maximum Gasteiger partial charge on any atom is 0.115 e. The van der Waals surface area contributed by atoms with E-state index in [9.17, 15) is 30.6 Å². The van der Waals surface area contributed by atoms with Gasteiger partial charge in [0.25, 0.3) is 0 Å². The Hall–Kier alpha value is -8.54. The lowest BCUT2D eigenvalue weighted by Crippen LogP contribution is -2.33. The lowest BCUT2D eigenvalue weighted by atomic mass is 9.96. The van der Waals surface area contributed by atoms with Crippen LogP contribution in [0, 0.1) is 20.8 Å². The van der Waals surface area contributed by atoms with Crippen molar-refractivity contribution in [3.63, 3.8) is 0 Å². The normalized spacial score (nSPS) is 17.9. The Morgan fingerprint density at radius 1 is 0.448 bits per heavy atom. The second kappa shape index (κ2) is 30.4. The van der Waals surface area contributed by atoms with Crippen LogP contribution in [0.15, 0.2) is 153 Å². The molecular formula is C85H102ClN13O6. The van der Waals surface area contributed by atoms with Crippen LogP contribution in [0.4, 0.5) is 0 Å². The van der Waals surface area contributed by atoms with Gasteiger partial charge in [-0.1, -0.05) is 47.5 Å². The summed E-state index contributed by atoms with van der Waals surface area (Å²) in [7, 11) is 8.60. The molecule has 0 aliphatic carbocycles. The summed E-state index contributed by atoms with van der Waals surface area (Å²) < 4.78 is 9.08. The first-order valence-electron chi connectivity index (χ1n) is 36.7. The van der Waals surface area contributed by atoms with Crippen molar-refractivity contribution in [2.24, 2.45) is 0 Å². The van der Waals surface area contributed by atoms with Crippen molar-refractivity contribution in [1.82, 2.24) is 62.8 Å². The van der Waals surface area contributed by atoms with E-state index < -0.39 is 22.4 Å². The second-order valence-corrected chi connectivity index (χ2v) is 31.3. The Morgan fingerprint density at radius 2 is 0.886 bits per heavy atom. The highest BCUT2D eigenvalue weighted by Crippen LogP contribution is 2.42. The minimum atomic E-state index is -1.05. The molecule has 4 aliphatic rings. The highest BCUT2D eigenvalue weighted by molar-refractivity contribution is 6.31. The number of nitrogens with zero attached hydrogens (tertiary/aromatic N) is 13. The predicted octanol–water partition coefficient (Wildman–Crippen LogP) is 12.2. The van der Waals surface area contributed by atoms with E-state index in [-0.39, 0.29) is 13.2 Å². The number of aromatic nitrogens is 9. The smallest absolute Gasteiger partial charge is 0.115 e. The molecule has 12 heterocycles. The molecule has 105 heavy (non-hydrogen) atoms. The Bertz CT molecular complexity index is 5030. The zero-order valence-electron chi connectivity index (χ0n) is 62.9. The lowest BCUT2D eigenvalue weighted by molar-refractivity contribution is 0.0374. The second-order valence-electron chi connectivity index (χ2n) is 30.8. The fourth-order valence-electron chi connectivity index (χ4n) is 16.5. The van der Waals surface area contributed by atoms with Gasteiger partial charge >= 0.3 is 0 Å². The van der Waals surface area contributed by atoms with Crippen molar-refractivity contribution in [3.8, 4) is 0 Å². The summed E-state index contributed by atoms with van der Waals surface area (Å²) in [4.78, 5) is 30.0. The fraction of sp³-hybridized carbons (Fsp3) is 0.400. The minimum Gasteiger partial charge on any atom is -0.392 e. The third kappa shape index (κ3) is 15.2. The van der Waals surface area contributed by atoms with Gasteiger partial charge in [0.1, 0.15) is 28.7 Å². The van der Waals surface area contributed by atoms with E-state index in [0.29, 0.717) is 37.8 Å². The van der Waals surface area contributed by atoms with Crippen molar-refractivity contribution in [2.75, 3.05) is 54.4 Å². The summed E-state index contributed by atoms with van der Waals surface area (Å²) in [5.41, 5.74) is 19.6. The van der Waals surface area contributed by atoms with Gasteiger partial charge in [0, 0.05) is 221 Å². The highest BCUT2D eigenvalue weighted by Gasteiger charge is 2.36. The van der Waals surface area contributed by atoms with Gasteiger partial charge in [-0.2, -0.15) is 0 Å². The van der Waals surface area contributed by atoms with Crippen LogP contribution in [0.5, 0.6) is 0 Å². The van der Waals surface area contributed by atoms with E-state index in [1.807, 2.05) is 96.1 Å². The average molecular weight is 1440 g/mol. The average Bonchev–Trinajstić information content (AvgIpc) is 1.81. The standard InChI is InChI=1S/2C22H27N3O2.C22H27N3O.C19H21ClN4O/c1-15-6-7-20-21(18(15)13-26)17-12-24(3)10-8-19(17)25(20)14-22(2,27)16-5-4-9-23-11-16;1-15-9-18-19-12-24(3)8-6-20(19)25(21(18)10-16(15)13-26)14-22(2,27)17-5-4-7-23-11-17;1-15-7-8-19-18(12-15)21-16(2)24(4)11-9-20(21)25(19)14-22(3,26)17-6-5-10-23-13-17;1-19(25,13-8-21-12-22-9-13)11-24-17-4-3-14(20)7-15(17)16-10-23(2)6-5-18(16)24/h4-7,9,11,26-27H,8,10,12-14H2,1-3H3;4-5,7,9-11,26-27H,6,8,12-14H2,1-3H3;5-8,10,12-13,16,26H,9,11,14H2,1-4H3;3-4,7-9,12,25H,5-6,10-11H2,1-2H3. The minimum absolute atomic E-state index is 0.0243. The Kier molecular flexibility index (Phi) is 21.6. The summed E-state index contributed by atoms with van der Waals surface area (Å²) in [6.07, 6.45) is 19.1. The molecule has 0 saturated carbocycles. The van der Waals surface area contributed by atoms with Crippen LogP contribution in [-0.2, 0) is 107 Å². The van der Waals surface area contributed by atoms with Crippen molar-refractivity contribution in [2.45, 2.75) is 169 Å². The lowest BCUT2D eigenvalue weighted by Gasteiger charge is -2.32. The van der Waals surface area contributed by atoms with Crippen LogP contribution in [0.2, 0.25) is 5.02 Å². The number of hydrogen-bond donors (Lipinski definition) is 6. The Labute approximate surface area is 621 Å². The van der Waals surface area contributed by atoms with E-state index in [4.69, 9.17) is 11.6 Å². The zero-order valence-corrected chi connectivity index (χ0v) is 63.7. The van der Waals surface area contributed by atoms with Crippen LogP contribution < -0.4 is 0 Å². The third-order valence-electron chi connectivity index (χ3n) is 22.6. The molecule has 4 aliphatic heterocycles. The molecule has 12 aromatic rings. The number of hydrogen-bond acceptors (Lipinski definition) is 15. The highest BCUT2D eigenvalue weighted by atomic mass is 35.5. The number of fused-ring (bicyclic) bond motifs is 12. The largest absolute Gasteiger partial charge is 0.392 e. The van der Waals surface area contributed by atoms with E-state index in [0.717, 1.165) is 137 Å².